The van der Waals surface area contributed by atoms with Crippen LogP contribution in [-0.2, 0) is 4.79 Å². The second-order valence-corrected chi connectivity index (χ2v) is 4.79. The van der Waals surface area contributed by atoms with E-state index in [1.54, 1.807) is 13.2 Å². The van der Waals surface area contributed by atoms with Crippen LogP contribution in [-0.4, -0.2) is 38.1 Å². The summed E-state index contributed by atoms with van der Waals surface area (Å²) in [5, 5.41) is 5.93. The Bertz CT molecular complexity index is 372. The Balaban J connectivity index is 2.26. The van der Waals surface area contributed by atoms with E-state index < -0.39 is 0 Å². The van der Waals surface area contributed by atoms with Crippen LogP contribution in [0.2, 0.25) is 0 Å². The highest BCUT2D eigenvalue weighted by Gasteiger charge is 2.02. The third-order valence-electron chi connectivity index (χ3n) is 2.34. The predicted molar refractivity (Wildman–Crippen MR) is 77.5 cm³/mol. The second-order valence-electron chi connectivity index (χ2n) is 3.80. The molecule has 1 aromatic rings. The van der Waals surface area contributed by atoms with Gasteiger partial charge in [0.05, 0.1) is 13.7 Å². The van der Waals surface area contributed by atoms with Crippen molar-refractivity contribution >= 4 is 23.4 Å². The van der Waals surface area contributed by atoms with E-state index in [1.807, 2.05) is 30.0 Å². The molecule has 2 N–H and O–H groups in total. The summed E-state index contributed by atoms with van der Waals surface area (Å²) in [6.45, 7) is 1.21. The number of benzene rings is 1. The summed E-state index contributed by atoms with van der Waals surface area (Å²) in [4.78, 5) is 11.6. The van der Waals surface area contributed by atoms with Crippen LogP contribution in [0.1, 0.15) is 6.42 Å². The molecule has 100 valence electrons. The Morgan fingerprint density at radius 1 is 1.44 bits per heavy atom. The number of amides is 1. The van der Waals surface area contributed by atoms with Crippen molar-refractivity contribution < 1.29 is 9.53 Å². The maximum atomic E-state index is 11.6. The van der Waals surface area contributed by atoms with Gasteiger partial charge in [0, 0.05) is 11.8 Å². The number of ether oxygens (including phenoxy) is 1. The first kappa shape index (κ1) is 14.9. The quantitative estimate of drug-likeness (QED) is 0.708. The molecule has 0 aliphatic rings. The summed E-state index contributed by atoms with van der Waals surface area (Å²) in [6.07, 6.45) is 3.16. The largest absolute Gasteiger partial charge is 0.497 e. The van der Waals surface area contributed by atoms with Crippen LogP contribution in [0.15, 0.2) is 24.3 Å². The lowest BCUT2D eigenvalue weighted by atomic mass is 10.3. The van der Waals surface area contributed by atoms with Crippen LogP contribution >= 0.6 is 11.8 Å². The Kier molecular flexibility index (Phi) is 7.29. The van der Waals surface area contributed by atoms with Crippen LogP contribution in [0.25, 0.3) is 0 Å². The van der Waals surface area contributed by atoms with Gasteiger partial charge in [-0.05, 0) is 37.1 Å². The molecule has 0 aliphatic carbocycles. The molecule has 18 heavy (non-hydrogen) atoms. The summed E-state index contributed by atoms with van der Waals surface area (Å²) < 4.78 is 5.09. The molecule has 0 atom stereocenters. The van der Waals surface area contributed by atoms with Crippen LogP contribution in [0.4, 0.5) is 5.69 Å². The Hall–Kier alpha value is -1.20. The molecule has 5 heteroatoms. The van der Waals surface area contributed by atoms with Gasteiger partial charge < -0.3 is 15.4 Å². The van der Waals surface area contributed by atoms with E-state index in [0.717, 1.165) is 30.2 Å². The lowest BCUT2D eigenvalue weighted by Gasteiger charge is -2.07. The van der Waals surface area contributed by atoms with Crippen LogP contribution < -0.4 is 15.4 Å². The normalized spacial score (nSPS) is 10.1. The van der Waals surface area contributed by atoms with Crippen molar-refractivity contribution in [2.24, 2.45) is 0 Å². The zero-order valence-corrected chi connectivity index (χ0v) is 11.7. The molecule has 0 aliphatic heterocycles. The van der Waals surface area contributed by atoms with E-state index in [9.17, 15) is 4.79 Å². The molecule has 1 rings (SSSR count). The maximum absolute atomic E-state index is 11.6. The van der Waals surface area contributed by atoms with Gasteiger partial charge in [0.1, 0.15) is 5.75 Å². The van der Waals surface area contributed by atoms with Crippen molar-refractivity contribution in [2.75, 3.05) is 37.5 Å². The maximum Gasteiger partial charge on any atom is 0.238 e. The number of anilines is 1. The number of hydrogen-bond donors (Lipinski definition) is 2. The van der Waals surface area contributed by atoms with Gasteiger partial charge in [-0.2, -0.15) is 11.8 Å². The van der Waals surface area contributed by atoms with Crippen molar-refractivity contribution in [3.8, 4) is 5.75 Å². The number of thioether (sulfide) groups is 1. The third-order valence-corrected chi connectivity index (χ3v) is 3.04. The van der Waals surface area contributed by atoms with E-state index in [2.05, 4.69) is 16.9 Å². The lowest BCUT2D eigenvalue weighted by molar-refractivity contribution is -0.115. The van der Waals surface area contributed by atoms with Crippen molar-refractivity contribution in [2.45, 2.75) is 6.42 Å². The van der Waals surface area contributed by atoms with E-state index >= 15 is 0 Å². The van der Waals surface area contributed by atoms with Crippen molar-refractivity contribution in [1.82, 2.24) is 5.32 Å². The van der Waals surface area contributed by atoms with Crippen molar-refractivity contribution in [3.05, 3.63) is 24.3 Å². The van der Waals surface area contributed by atoms with Gasteiger partial charge >= 0.3 is 0 Å². The highest BCUT2D eigenvalue weighted by molar-refractivity contribution is 7.98. The fourth-order valence-corrected chi connectivity index (χ4v) is 1.88. The molecule has 1 amide bonds. The molecule has 0 saturated heterocycles. The van der Waals surface area contributed by atoms with Crippen molar-refractivity contribution in [1.29, 1.82) is 0 Å². The number of nitrogens with one attached hydrogen (secondary N) is 2. The molecule has 0 radical (unpaired) electrons. The van der Waals surface area contributed by atoms with Crippen LogP contribution in [0.5, 0.6) is 5.75 Å². The van der Waals surface area contributed by atoms with E-state index in [0.29, 0.717) is 6.54 Å². The SMILES string of the molecule is COc1cccc(NC(=O)CNCCCSC)c1. The van der Waals surface area contributed by atoms with E-state index in [-0.39, 0.29) is 5.91 Å². The summed E-state index contributed by atoms with van der Waals surface area (Å²) in [7, 11) is 1.61. The average Bonchev–Trinajstić information content (AvgIpc) is 2.38. The molecule has 0 aromatic heterocycles. The fourth-order valence-electron chi connectivity index (χ4n) is 1.45. The number of carbonyl (C=O) groups excluding carboxylic acids is 1. The zero-order valence-electron chi connectivity index (χ0n) is 10.9. The van der Waals surface area contributed by atoms with Crippen LogP contribution in [0.3, 0.4) is 0 Å². The highest BCUT2D eigenvalue weighted by atomic mass is 32.2. The minimum atomic E-state index is -0.0348. The smallest absolute Gasteiger partial charge is 0.238 e. The molecule has 0 unspecified atom stereocenters. The van der Waals surface area contributed by atoms with Gasteiger partial charge in [-0.15, -0.1) is 0 Å². The minimum absolute atomic E-state index is 0.0348. The van der Waals surface area contributed by atoms with Gasteiger partial charge in [0.15, 0.2) is 0 Å². The molecular formula is C13H20N2O2S. The molecule has 1 aromatic carbocycles. The topological polar surface area (TPSA) is 50.4 Å². The Morgan fingerprint density at radius 2 is 2.28 bits per heavy atom. The highest BCUT2D eigenvalue weighted by Crippen LogP contribution is 2.16. The Labute approximate surface area is 112 Å². The van der Waals surface area contributed by atoms with E-state index in [4.69, 9.17) is 4.74 Å². The van der Waals surface area contributed by atoms with Gasteiger partial charge in [-0.25, -0.2) is 0 Å². The molecule has 0 fully saturated rings. The van der Waals surface area contributed by atoms with E-state index in [1.165, 1.54) is 0 Å². The minimum Gasteiger partial charge on any atom is -0.497 e. The van der Waals surface area contributed by atoms with Gasteiger partial charge in [0.2, 0.25) is 5.91 Å². The molecule has 0 spiro atoms. The monoisotopic (exact) mass is 268 g/mol. The fraction of sp³-hybridized carbons (Fsp3) is 0.462. The zero-order chi connectivity index (χ0) is 13.2. The average molecular weight is 268 g/mol. The molecule has 0 saturated carbocycles. The second kappa shape index (κ2) is 8.83. The first-order valence-corrected chi connectivity index (χ1v) is 7.29. The number of methoxy groups -OCH3 is 1. The molecule has 0 bridgehead atoms. The van der Waals surface area contributed by atoms with Gasteiger partial charge in [-0.1, -0.05) is 6.07 Å². The molecular weight excluding hydrogens is 248 g/mol. The number of carbonyl (C=O) groups is 1. The third kappa shape index (κ3) is 5.93. The van der Waals surface area contributed by atoms with Gasteiger partial charge in [-0.3, -0.25) is 4.79 Å². The summed E-state index contributed by atoms with van der Waals surface area (Å²) >= 11 is 1.81. The van der Waals surface area contributed by atoms with Crippen LogP contribution in [0, 0.1) is 0 Å². The summed E-state index contributed by atoms with van der Waals surface area (Å²) in [5.41, 5.74) is 0.755. The first-order valence-electron chi connectivity index (χ1n) is 5.90. The van der Waals surface area contributed by atoms with Gasteiger partial charge in [0.25, 0.3) is 0 Å². The lowest BCUT2D eigenvalue weighted by Crippen LogP contribution is -2.28. The van der Waals surface area contributed by atoms with Crippen molar-refractivity contribution in [3.63, 3.8) is 0 Å². The predicted octanol–water partition coefficient (Wildman–Crippen LogP) is 1.98. The summed E-state index contributed by atoms with van der Waals surface area (Å²) in [6, 6.07) is 7.33. The number of rotatable bonds is 8. The Morgan fingerprint density at radius 3 is 3.00 bits per heavy atom. The summed E-state index contributed by atoms with van der Waals surface area (Å²) in [5.74, 6) is 1.82. The molecule has 4 nitrogen and oxygen atoms in total. The molecule has 0 heterocycles. The number of hydrogen-bond acceptors (Lipinski definition) is 4. The first-order chi connectivity index (χ1) is 8.76. The standard InChI is InChI=1S/C13H20N2O2S/c1-17-12-6-3-5-11(9-12)15-13(16)10-14-7-4-8-18-2/h3,5-6,9,14H,4,7-8,10H2,1-2H3,(H,15,16).